The van der Waals surface area contributed by atoms with Crippen LogP contribution in [0.1, 0.15) is 51.2 Å². The molecule has 0 saturated carbocycles. The van der Waals surface area contributed by atoms with Crippen LogP contribution in [0.15, 0.2) is 49.1 Å². The molecule has 0 aliphatic rings. The normalized spacial score (nSPS) is 13.1. The van der Waals surface area contributed by atoms with Gasteiger partial charge < -0.3 is 9.47 Å². The number of aromatic nitrogens is 4. The quantitative estimate of drug-likeness (QED) is 0.470. The van der Waals surface area contributed by atoms with E-state index in [4.69, 9.17) is 9.47 Å². The van der Waals surface area contributed by atoms with Gasteiger partial charge in [-0.25, -0.2) is 9.03 Å². The molecule has 4 aromatic heterocycles. The predicted octanol–water partition coefficient (Wildman–Crippen LogP) is 4.86. The second-order valence-electron chi connectivity index (χ2n) is 8.51. The molecule has 0 saturated heterocycles. The fraction of sp³-hybridized carbons (Fsp3) is 0.391. The van der Waals surface area contributed by atoms with Crippen molar-refractivity contribution in [2.45, 2.75) is 45.4 Å². The zero-order valence-corrected chi connectivity index (χ0v) is 17.7. The molecule has 0 bridgehead atoms. The van der Waals surface area contributed by atoms with Crippen molar-refractivity contribution in [3.63, 3.8) is 0 Å². The molecule has 0 spiro atoms. The van der Waals surface area contributed by atoms with Crippen LogP contribution in [0.4, 0.5) is 0 Å². The van der Waals surface area contributed by atoms with Gasteiger partial charge in [0.1, 0.15) is 17.0 Å². The van der Waals surface area contributed by atoms with Crippen molar-refractivity contribution in [2.75, 3.05) is 13.7 Å². The van der Waals surface area contributed by atoms with Gasteiger partial charge in [0.25, 0.3) is 0 Å². The number of nitrogens with zero attached hydrogens (tertiary/aromatic N) is 4. The molecule has 0 aliphatic heterocycles. The minimum Gasteiger partial charge on any atom is -0.494 e. The Morgan fingerprint density at radius 1 is 1.07 bits per heavy atom. The second-order valence-corrected chi connectivity index (χ2v) is 8.51. The van der Waals surface area contributed by atoms with Gasteiger partial charge in [-0.15, -0.1) is 0 Å². The number of hydrogen-bond donors (Lipinski definition) is 0. The summed E-state index contributed by atoms with van der Waals surface area (Å²) in [4.78, 5) is 0. The Morgan fingerprint density at radius 2 is 1.86 bits per heavy atom. The van der Waals surface area contributed by atoms with E-state index in [0.29, 0.717) is 12.5 Å². The summed E-state index contributed by atoms with van der Waals surface area (Å²) in [5.41, 5.74) is 4.62. The predicted molar refractivity (Wildman–Crippen MR) is 114 cm³/mol. The lowest BCUT2D eigenvalue weighted by Crippen LogP contribution is -2.10. The van der Waals surface area contributed by atoms with E-state index in [1.165, 1.54) is 11.1 Å². The standard InChI is InChI=1S/C23H28N4O2/c1-16(18-13-24-26-11-6-7-21(28-5)22(18)26)10-12-29-17-8-9-20-19(23(2,3)4)14-25-27(20)15-17/h6-9,11,13-16H,10,12H2,1-5H3. The summed E-state index contributed by atoms with van der Waals surface area (Å²) in [5, 5.41) is 8.95. The van der Waals surface area contributed by atoms with E-state index in [1.807, 2.05) is 52.0 Å². The van der Waals surface area contributed by atoms with E-state index >= 15 is 0 Å². The SMILES string of the molecule is COc1cccn2ncc(C(C)CCOc3ccc4c(C(C)(C)C)cnn4c3)c12. The number of ether oxygens (including phenoxy) is 2. The van der Waals surface area contributed by atoms with Crippen LogP contribution >= 0.6 is 0 Å². The number of methoxy groups -OCH3 is 1. The molecular weight excluding hydrogens is 364 g/mol. The number of pyridine rings is 2. The van der Waals surface area contributed by atoms with E-state index in [0.717, 1.165) is 29.0 Å². The summed E-state index contributed by atoms with van der Waals surface area (Å²) in [6, 6.07) is 8.01. The molecule has 1 unspecified atom stereocenters. The van der Waals surface area contributed by atoms with E-state index in [-0.39, 0.29) is 5.41 Å². The molecule has 0 aromatic carbocycles. The first-order valence-electron chi connectivity index (χ1n) is 9.99. The monoisotopic (exact) mass is 392 g/mol. The van der Waals surface area contributed by atoms with Crippen LogP contribution in [-0.2, 0) is 5.41 Å². The highest BCUT2D eigenvalue weighted by Crippen LogP contribution is 2.31. The number of rotatable bonds is 6. The number of hydrogen-bond acceptors (Lipinski definition) is 4. The highest BCUT2D eigenvalue weighted by Gasteiger charge is 2.19. The Bertz CT molecular complexity index is 1140. The zero-order chi connectivity index (χ0) is 20.6. The van der Waals surface area contributed by atoms with Gasteiger partial charge in [0.05, 0.1) is 37.8 Å². The van der Waals surface area contributed by atoms with Crippen molar-refractivity contribution >= 4 is 11.0 Å². The lowest BCUT2D eigenvalue weighted by Gasteiger charge is -2.17. The lowest BCUT2D eigenvalue weighted by molar-refractivity contribution is 0.299. The van der Waals surface area contributed by atoms with Crippen LogP contribution in [0.2, 0.25) is 0 Å². The van der Waals surface area contributed by atoms with Gasteiger partial charge in [-0.05, 0) is 42.0 Å². The third kappa shape index (κ3) is 3.67. The second kappa shape index (κ2) is 7.43. The minimum atomic E-state index is 0.0645. The molecule has 152 valence electrons. The maximum atomic E-state index is 6.03. The maximum Gasteiger partial charge on any atom is 0.144 e. The minimum absolute atomic E-state index is 0.0645. The van der Waals surface area contributed by atoms with E-state index in [2.05, 4.69) is 44.0 Å². The third-order valence-corrected chi connectivity index (χ3v) is 5.40. The van der Waals surface area contributed by atoms with Crippen molar-refractivity contribution in [3.05, 3.63) is 60.2 Å². The Balaban J connectivity index is 1.45. The molecule has 4 aromatic rings. The van der Waals surface area contributed by atoms with Crippen molar-refractivity contribution < 1.29 is 9.47 Å². The first-order chi connectivity index (χ1) is 13.9. The molecule has 0 aliphatic carbocycles. The van der Waals surface area contributed by atoms with Gasteiger partial charge in [0, 0.05) is 17.3 Å². The first kappa shape index (κ1) is 19.3. The molecule has 0 amide bonds. The summed E-state index contributed by atoms with van der Waals surface area (Å²) >= 11 is 0. The third-order valence-electron chi connectivity index (χ3n) is 5.40. The van der Waals surface area contributed by atoms with E-state index in [1.54, 1.807) is 7.11 Å². The topological polar surface area (TPSA) is 53.1 Å². The first-order valence-corrected chi connectivity index (χ1v) is 9.99. The Morgan fingerprint density at radius 3 is 2.62 bits per heavy atom. The molecule has 6 nitrogen and oxygen atoms in total. The summed E-state index contributed by atoms with van der Waals surface area (Å²) in [6.45, 7) is 9.41. The van der Waals surface area contributed by atoms with E-state index < -0.39 is 0 Å². The molecule has 6 heteroatoms. The molecule has 4 rings (SSSR count). The summed E-state index contributed by atoms with van der Waals surface area (Å²) < 4.78 is 15.3. The van der Waals surface area contributed by atoms with Gasteiger partial charge in [0.2, 0.25) is 0 Å². The molecule has 0 radical (unpaired) electrons. The Hall–Kier alpha value is -3.02. The highest BCUT2D eigenvalue weighted by molar-refractivity contribution is 5.65. The molecular formula is C23H28N4O2. The average molecular weight is 393 g/mol. The van der Waals surface area contributed by atoms with Crippen molar-refractivity contribution in [3.8, 4) is 11.5 Å². The van der Waals surface area contributed by atoms with Crippen LogP contribution in [0.25, 0.3) is 11.0 Å². The molecule has 1 atom stereocenters. The van der Waals surface area contributed by atoms with E-state index in [9.17, 15) is 0 Å². The van der Waals surface area contributed by atoms with Crippen LogP contribution in [0.3, 0.4) is 0 Å². The summed E-state index contributed by atoms with van der Waals surface area (Å²) in [5.74, 6) is 1.96. The number of fused-ring (bicyclic) bond motifs is 2. The van der Waals surface area contributed by atoms with Crippen LogP contribution in [-0.4, -0.2) is 32.9 Å². The summed E-state index contributed by atoms with van der Waals surface area (Å²) in [7, 11) is 1.69. The van der Waals surface area contributed by atoms with Gasteiger partial charge in [0.15, 0.2) is 0 Å². The lowest BCUT2D eigenvalue weighted by atomic mass is 9.88. The van der Waals surface area contributed by atoms with Crippen LogP contribution in [0, 0.1) is 0 Å². The molecule has 0 N–H and O–H groups in total. The van der Waals surface area contributed by atoms with Gasteiger partial charge in [-0.1, -0.05) is 27.7 Å². The van der Waals surface area contributed by atoms with Crippen LogP contribution < -0.4 is 9.47 Å². The molecule has 0 fully saturated rings. The smallest absolute Gasteiger partial charge is 0.144 e. The average Bonchev–Trinajstić information content (AvgIpc) is 3.31. The Kier molecular flexibility index (Phi) is 4.94. The fourth-order valence-electron chi connectivity index (χ4n) is 3.70. The van der Waals surface area contributed by atoms with Crippen molar-refractivity contribution in [1.82, 2.24) is 19.2 Å². The molecule has 29 heavy (non-hydrogen) atoms. The van der Waals surface area contributed by atoms with Gasteiger partial charge in [-0.2, -0.15) is 10.2 Å². The largest absolute Gasteiger partial charge is 0.494 e. The van der Waals surface area contributed by atoms with Crippen molar-refractivity contribution in [2.24, 2.45) is 0 Å². The molecule has 4 heterocycles. The fourth-order valence-corrected chi connectivity index (χ4v) is 3.70. The van der Waals surface area contributed by atoms with Gasteiger partial charge in [-0.3, -0.25) is 0 Å². The Labute approximate surface area is 171 Å². The van der Waals surface area contributed by atoms with Crippen LogP contribution in [0.5, 0.6) is 11.5 Å². The highest BCUT2D eigenvalue weighted by atomic mass is 16.5. The zero-order valence-electron chi connectivity index (χ0n) is 17.7. The van der Waals surface area contributed by atoms with Gasteiger partial charge >= 0.3 is 0 Å². The van der Waals surface area contributed by atoms with Crippen molar-refractivity contribution in [1.29, 1.82) is 0 Å². The maximum absolute atomic E-state index is 6.03. The summed E-state index contributed by atoms with van der Waals surface area (Å²) in [6.07, 6.45) is 8.64.